The smallest absolute Gasteiger partial charge is 0.246 e. The average Bonchev–Trinajstić information content (AvgIpc) is 2.68. The lowest BCUT2D eigenvalue weighted by Crippen LogP contribution is -2.58. The SMILES string of the molecule is COc1cccc(NC(=O)C[C@H]2NC(=O)CN(Cc3ccccc3)C2=O)c1F. The first kappa shape index (κ1) is 19.3. The summed E-state index contributed by atoms with van der Waals surface area (Å²) in [4.78, 5) is 38.4. The summed E-state index contributed by atoms with van der Waals surface area (Å²) in [5.74, 6) is -2.00. The molecular weight excluding hydrogens is 365 g/mol. The number of methoxy groups -OCH3 is 1. The van der Waals surface area contributed by atoms with Crippen molar-refractivity contribution in [3.8, 4) is 5.75 Å². The number of rotatable bonds is 6. The van der Waals surface area contributed by atoms with Crippen molar-refractivity contribution in [2.45, 2.75) is 19.0 Å². The first-order valence-electron chi connectivity index (χ1n) is 8.72. The molecular formula is C20H20FN3O4. The summed E-state index contributed by atoms with van der Waals surface area (Å²) in [5.41, 5.74) is 0.826. The molecule has 1 atom stereocenters. The molecule has 28 heavy (non-hydrogen) atoms. The number of nitrogens with zero attached hydrogens (tertiary/aromatic N) is 1. The van der Waals surface area contributed by atoms with Crippen molar-refractivity contribution >= 4 is 23.4 Å². The Hall–Kier alpha value is -3.42. The number of anilines is 1. The summed E-state index contributed by atoms with van der Waals surface area (Å²) in [6, 6.07) is 12.6. The third-order valence-corrected chi connectivity index (χ3v) is 4.34. The largest absolute Gasteiger partial charge is 0.494 e. The summed E-state index contributed by atoms with van der Waals surface area (Å²) >= 11 is 0. The van der Waals surface area contributed by atoms with Crippen molar-refractivity contribution in [2.24, 2.45) is 0 Å². The van der Waals surface area contributed by atoms with Gasteiger partial charge in [-0.15, -0.1) is 0 Å². The van der Waals surface area contributed by atoms with Crippen LogP contribution < -0.4 is 15.4 Å². The normalized spacial score (nSPS) is 16.5. The van der Waals surface area contributed by atoms with Gasteiger partial charge in [0.2, 0.25) is 17.7 Å². The van der Waals surface area contributed by atoms with Crippen LogP contribution in [0.5, 0.6) is 5.75 Å². The van der Waals surface area contributed by atoms with E-state index in [4.69, 9.17) is 4.74 Å². The van der Waals surface area contributed by atoms with Gasteiger partial charge in [0.25, 0.3) is 0 Å². The lowest BCUT2D eigenvalue weighted by atomic mass is 10.1. The van der Waals surface area contributed by atoms with Crippen molar-refractivity contribution in [3.63, 3.8) is 0 Å². The maximum atomic E-state index is 14.2. The van der Waals surface area contributed by atoms with Crippen LogP contribution >= 0.6 is 0 Å². The highest BCUT2D eigenvalue weighted by atomic mass is 19.1. The molecule has 1 saturated heterocycles. The quantitative estimate of drug-likeness (QED) is 0.792. The molecule has 2 aromatic rings. The molecule has 1 aliphatic rings. The number of carbonyl (C=O) groups excluding carboxylic acids is 3. The lowest BCUT2D eigenvalue weighted by Gasteiger charge is -2.32. The Kier molecular flexibility index (Phi) is 5.88. The maximum absolute atomic E-state index is 14.2. The Balaban J connectivity index is 1.66. The van der Waals surface area contributed by atoms with E-state index in [1.807, 2.05) is 30.3 Å². The fourth-order valence-electron chi connectivity index (χ4n) is 3.00. The molecule has 0 spiro atoms. The third kappa shape index (κ3) is 4.46. The predicted octanol–water partition coefficient (Wildman–Crippen LogP) is 1.69. The van der Waals surface area contributed by atoms with Crippen LogP contribution in [0.25, 0.3) is 0 Å². The van der Waals surface area contributed by atoms with Crippen LogP contribution in [0.4, 0.5) is 10.1 Å². The molecule has 0 unspecified atom stereocenters. The van der Waals surface area contributed by atoms with Crippen LogP contribution in [0.1, 0.15) is 12.0 Å². The van der Waals surface area contributed by atoms with Crippen LogP contribution in [-0.4, -0.2) is 42.3 Å². The van der Waals surface area contributed by atoms with Crippen LogP contribution in [0.15, 0.2) is 48.5 Å². The summed E-state index contributed by atoms with van der Waals surface area (Å²) in [5, 5.41) is 4.94. The molecule has 0 aromatic heterocycles. The van der Waals surface area contributed by atoms with Gasteiger partial charge < -0.3 is 20.3 Å². The minimum Gasteiger partial charge on any atom is -0.494 e. The molecule has 1 fully saturated rings. The molecule has 8 heteroatoms. The van der Waals surface area contributed by atoms with Gasteiger partial charge in [-0.2, -0.15) is 0 Å². The second-order valence-corrected chi connectivity index (χ2v) is 6.37. The second-order valence-electron chi connectivity index (χ2n) is 6.37. The van der Waals surface area contributed by atoms with E-state index in [-0.39, 0.29) is 42.8 Å². The molecule has 2 aromatic carbocycles. The highest BCUT2D eigenvalue weighted by Crippen LogP contribution is 2.24. The zero-order valence-corrected chi connectivity index (χ0v) is 15.3. The van der Waals surface area contributed by atoms with Crippen molar-refractivity contribution in [2.75, 3.05) is 19.0 Å². The fraction of sp³-hybridized carbons (Fsp3) is 0.250. The number of carbonyl (C=O) groups is 3. The van der Waals surface area contributed by atoms with Crippen LogP contribution in [-0.2, 0) is 20.9 Å². The van der Waals surface area contributed by atoms with Gasteiger partial charge in [-0.05, 0) is 17.7 Å². The highest BCUT2D eigenvalue weighted by Gasteiger charge is 2.34. The van der Waals surface area contributed by atoms with Gasteiger partial charge in [0.05, 0.1) is 25.8 Å². The Bertz CT molecular complexity index is 888. The summed E-state index contributed by atoms with van der Waals surface area (Å²) in [7, 11) is 1.32. The average molecular weight is 385 g/mol. The van der Waals surface area contributed by atoms with Gasteiger partial charge in [0, 0.05) is 6.54 Å². The highest BCUT2D eigenvalue weighted by molar-refractivity contribution is 6.00. The van der Waals surface area contributed by atoms with E-state index >= 15 is 0 Å². The number of piperazine rings is 1. The Morgan fingerprint density at radius 1 is 1.21 bits per heavy atom. The zero-order valence-electron chi connectivity index (χ0n) is 15.3. The minimum absolute atomic E-state index is 0.00567. The predicted molar refractivity (Wildman–Crippen MR) is 100.0 cm³/mol. The topological polar surface area (TPSA) is 87.7 Å². The minimum atomic E-state index is -1.00. The molecule has 0 radical (unpaired) electrons. The third-order valence-electron chi connectivity index (χ3n) is 4.34. The van der Waals surface area contributed by atoms with Crippen molar-refractivity contribution in [3.05, 3.63) is 59.9 Å². The van der Waals surface area contributed by atoms with E-state index in [1.165, 1.54) is 30.2 Å². The molecule has 2 N–H and O–H groups in total. The molecule has 3 amide bonds. The van der Waals surface area contributed by atoms with Gasteiger partial charge in [0.15, 0.2) is 11.6 Å². The Morgan fingerprint density at radius 3 is 2.68 bits per heavy atom. The van der Waals surface area contributed by atoms with E-state index in [9.17, 15) is 18.8 Å². The van der Waals surface area contributed by atoms with Gasteiger partial charge in [-0.1, -0.05) is 36.4 Å². The monoisotopic (exact) mass is 385 g/mol. The summed E-state index contributed by atoms with van der Waals surface area (Å²) in [6.45, 7) is 0.200. The van der Waals surface area contributed by atoms with Crippen LogP contribution in [0.2, 0.25) is 0 Å². The molecule has 0 aliphatic carbocycles. The van der Waals surface area contributed by atoms with Gasteiger partial charge >= 0.3 is 0 Å². The molecule has 7 nitrogen and oxygen atoms in total. The van der Waals surface area contributed by atoms with E-state index in [0.29, 0.717) is 0 Å². The maximum Gasteiger partial charge on any atom is 0.246 e. The first-order valence-corrected chi connectivity index (χ1v) is 8.72. The summed E-state index contributed by atoms with van der Waals surface area (Å²) in [6.07, 6.45) is -0.299. The summed E-state index contributed by atoms with van der Waals surface area (Å²) < 4.78 is 19.0. The van der Waals surface area contributed by atoms with Gasteiger partial charge in [0.1, 0.15) is 6.04 Å². The molecule has 146 valence electrons. The van der Waals surface area contributed by atoms with Crippen LogP contribution in [0.3, 0.4) is 0 Å². The lowest BCUT2D eigenvalue weighted by molar-refractivity contribution is -0.145. The van der Waals surface area contributed by atoms with E-state index in [0.717, 1.165) is 5.56 Å². The van der Waals surface area contributed by atoms with E-state index in [2.05, 4.69) is 10.6 Å². The van der Waals surface area contributed by atoms with E-state index < -0.39 is 17.8 Å². The molecule has 1 aliphatic heterocycles. The molecule has 0 saturated carbocycles. The number of ether oxygens (including phenoxy) is 1. The molecule has 0 bridgehead atoms. The van der Waals surface area contributed by atoms with E-state index in [1.54, 1.807) is 0 Å². The van der Waals surface area contributed by atoms with Crippen LogP contribution in [0, 0.1) is 5.82 Å². The number of amides is 3. The first-order chi connectivity index (χ1) is 13.5. The second kappa shape index (κ2) is 8.51. The number of halogens is 1. The number of hydrogen-bond donors (Lipinski definition) is 2. The molecule has 1 heterocycles. The Labute approximate surface area is 161 Å². The number of benzene rings is 2. The zero-order chi connectivity index (χ0) is 20.1. The fourth-order valence-corrected chi connectivity index (χ4v) is 3.00. The Morgan fingerprint density at radius 2 is 1.96 bits per heavy atom. The number of hydrogen-bond acceptors (Lipinski definition) is 4. The van der Waals surface area contributed by atoms with Crippen molar-refractivity contribution in [1.82, 2.24) is 10.2 Å². The standard InChI is InChI=1S/C20H20FN3O4/c1-28-16-9-5-8-14(19(16)21)22-17(25)10-15-20(27)24(12-18(26)23-15)11-13-6-3-2-4-7-13/h2-9,15H,10-12H2,1H3,(H,22,25)(H,23,26)/t15-/m1/s1. The number of nitrogens with one attached hydrogen (secondary N) is 2. The van der Waals surface area contributed by atoms with Gasteiger partial charge in [-0.25, -0.2) is 4.39 Å². The molecule has 3 rings (SSSR count). The van der Waals surface area contributed by atoms with Gasteiger partial charge in [-0.3, -0.25) is 14.4 Å². The van der Waals surface area contributed by atoms with Crippen molar-refractivity contribution in [1.29, 1.82) is 0 Å². The van der Waals surface area contributed by atoms with Crippen molar-refractivity contribution < 1.29 is 23.5 Å².